The Labute approximate surface area is 208 Å². The number of alkyl halides is 3. The van der Waals surface area contributed by atoms with Crippen LogP contribution in [0.25, 0.3) is 11.4 Å². The number of para-hydroxylation sites is 1. The molecule has 0 spiro atoms. The van der Waals surface area contributed by atoms with Crippen LogP contribution in [-0.4, -0.2) is 56.5 Å². The van der Waals surface area contributed by atoms with Gasteiger partial charge in [-0.1, -0.05) is 29.8 Å². The molecule has 3 rings (SSSR count). The molecule has 0 fully saturated rings. The molecule has 1 unspecified atom stereocenters. The van der Waals surface area contributed by atoms with Crippen molar-refractivity contribution in [3.05, 3.63) is 69.6 Å². The summed E-state index contributed by atoms with van der Waals surface area (Å²) >= 11 is 5.87. The van der Waals surface area contributed by atoms with E-state index < -0.39 is 43.0 Å². The summed E-state index contributed by atoms with van der Waals surface area (Å²) in [7, 11) is 1.45. The van der Waals surface area contributed by atoms with Gasteiger partial charge < -0.3 is 20.3 Å². The molecule has 0 aliphatic rings. The van der Waals surface area contributed by atoms with Gasteiger partial charge in [0.15, 0.2) is 11.9 Å². The van der Waals surface area contributed by atoms with E-state index in [9.17, 15) is 33.0 Å². The Morgan fingerprint density at radius 2 is 1.86 bits per heavy atom. The largest absolute Gasteiger partial charge is 0.496 e. The first-order valence-corrected chi connectivity index (χ1v) is 11.1. The van der Waals surface area contributed by atoms with Gasteiger partial charge in [-0.2, -0.15) is 13.2 Å². The summed E-state index contributed by atoms with van der Waals surface area (Å²) < 4.78 is 45.7. The van der Waals surface area contributed by atoms with Crippen LogP contribution in [0.3, 0.4) is 0 Å². The Morgan fingerprint density at radius 3 is 2.47 bits per heavy atom. The maximum absolute atomic E-state index is 13.0. The zero-order valence-corrected chi connectivity index (χ0v) is 19.8. The van der Waals surface area contributed by atoms with Crippen molar-refractivity contribution in [2.24, 2.45) is 0 Å². The number of nitrogens with one attached hydrogen (secondary N) is 1. The van der Waals surface area contributed by atoms with Crippen LogP contribution >= 0.6 is 11.6 Å². The smallest absolute Gasteiger partial charge is 0.416 e. The number of nitrogens with zero attached hydrogens (tertiary/aromatic N) is 3. The number of rotatable bonds is 10. The monoisotopic (exact) mass is 528 g/mol. The minimum Gasteiger partial charge on any atom is -0.496 e. The molecule has 2 atom stereocenters. The van der Waals surface area contributed by atoms with Crippen LogP contribution in [0.1, 0.15) is 18.0 Å². The lowest BCUT2D eigenvalue weighted by Crippen LogP contribution is -2.39. The Hall–Kier alpha value is -3.35. The van der Waals surface area contributed by atoms with E-state index in [0.717, 1.165) is 0 Å². The fourth-order valence-corrected chi connectivity index (χ4v) is 3.69. The lowest BCUT2D eigenvalue weighted by atomic mass is 10.0. The van der Waals surface area contributed by atoms with Gasteiger partial charge in [0.05, 0.1) is 19.7 Å². The van der Waals surface area contributed by atoms with Gasteiger partial charge in [0.1, 0.15) is 12.3 Å². The maximum Gasteiger partial charge on any atom is 0.416 e. The highest BCUT2D eigenvalue weighted by Crippen LogP contribution is 2.27. The van der Waals surface area contributed by atoms with Crippen molar-refractivity contribution >= 4 is 17.5 Å². The fourth-order valence-electron chi connectivity index (χ4n) is 3.56. The standard InChI is InChI=1S/C23H24ClF3N4O5/c1-36-18-5-3-2-4-16(18)17(10-11-32)28-20(34)13-31-22(35)30(12-19(33)23(25,26)27)21(29-31)14-6-8-15(24)9-7-14/h2-9,17,19,32-33H,10-13H2,1H3,(H,28,34)/t17?,19-/m0/s1. The predicted molar refractivity (Wildman–Crippen MR) is 125 cm³/mol. The molecule has 1 heterocycles. The number of benzene rings is 2. The number of aliphatic hydroxyl groups excluding tert-OH is 2. The Kier molecular flexibility index (Phi) is 8.77. The summed E-state index contributed by atoms with van der Waals surface area (Å²) in [5.41, 5.74) is -0.165. The van der Waals surface area contributed by atoms with Gasteiger partial charge in [-0.05, 0) is 36.8 Å². The number of aliphatic hydroxyl groups is 2. The van der Waals surface area contributed by atoms with E-state index in [2.05, 4.69) is 10.4 Å². The number of amides is 1. The molecule has 0 saturated heterocycles. The van der Waals surface area contributed by atoms with E-state index in [4.69, 9.17) is 16.3 Å². The molecular weight excluding hydrogens is 505 g/mol. The molecule has 2 aromatic carbocycles. The Bertz CT molecular complexity index is 1240. The van der Waals surface area contributed by atoms with E-state index in [1.165, 1.54) is 31.4 Å². The van der Waals surface area contributed by atoms with Crippen molar-refractivity contribution in [2.75, 3.05) is 13.7 Å². The molecule has 36 heavy (non-hydrogen) atoms. The number of halogens is 4. The highest BCUT2D eigenvalue weighted by molar-refractivity contribution is 6.30. The average Bonchev–Trinajstić information content (AvgIpc) is 3.13. The van der Waals surface area contributed by atoms with Gasteiger partial charge in [-0.25, -0.2) is 9.48 Å². The summed E-state index contributed by atoms with van der Waals surface area (Å²) in [6, 6.07) is 12.0. The summed E-state index contributed by atoms with van der Waals surface area (Å²) in [6.45, 7) is -1.99. The molecule has 0 aliphatic carbocycles. The third kappa shape index (κ3) is 6.45. The highest BCUT2D eigenvalue weighted by atomic mass is 35.5. The van der Waals surface area contributed by atoms with Crippen LogP contribution in [0.15, 0.2) is 53.3 Å². The van der Waals surface area contributed by atoms with Gasteiger partial charge in [0.2, 0.25) is 5.91 Å². The quantitative estimate of drug-likeness (QED) is 0.372. The van der Waals surface area contributed by atoms with Crippen LogP contribution < -0.4 is 15.7 Å². The van der Waals surface area contributed by atoms with E-state index >= 15 is 0 Å². The predicted octanol–water partition coefficient (Wildman–Crippen LogP) is 2.54. The van der Waals surface area contributed by atoms with Gasteiger partial charge in [-0.15, -0.1) is 5.10 Å². The molecule has 0 radical (unpaired) electrons. The van der Waals surface area contributed by atoms with Crippen LogP contribution in [0.5, 0.6) is 5.75 Å². The number of hydrogen-bond donors (Lipinski definition) is 3. The summed E-state index contributed by atoms with van der Waals surface area (Å²) in [5.74, 6) is -0.376. The minimum absolute atomic E-state index is 0.142. The summed E-state index contributed by atoms with van der Waals surface area (Å²) in [6.07, 6.45) is -7.65. The van der Waals surface area contributed by atoms with E-state index in [-0.39, 0.29) is 24.4 Å². The first kappa shape index (κ1) is 27.2. The number of carbonyl (C=O) groups is 1. The number of aromatic nitrogens is 3. The number of ether oxygens (including phenoxy) is 1. The second-order valence-electron chi connectivity index (χ2n) is 7.81. The Morgan fingerprint density at radius 1 is 1.19 bits per heavy atom. The molecule has 0 aliphatic heterocycles. The molecule has 9 nitrogen and oxygen atoms in total. The third-order valence-electron chi connectivity index (χ3n) is 5.32. The van der Waals surface area contributed by atoms with Crippen molar-refractivity contribution < 1.29 is 32.9 Å². The van der Waals surface area contributed by atoms with Gasteiger partial charge >= 0.3 is 11.9 Å². The third-order valence-corrected chi connectivity index (χ3v) is 5.57. The van der Waals surface area contributed by atoms with Crippen LogP contribution in [0, 0.1) is 0 Å². The number of carbonyl (C=O) groups excluding carboxylic acids is 1. The van der Waals surface area contributed by atoms with Gasteiger partial charge in [-0.3, -0.25) is 9.36 Å². The molecule has 1 aromatic heterocycles. The van der Waals surface area contributed by atoms with Gasteiger partial charge in [0.25, 0.3) is 0 Å². The number of hydrogen-bond acceptors (Lipinski definition) is 6. The zero-order valence-electron chi connectivity index (χ0n) is 19.1. The second kappa shape index (κ2) is 11.6. The van der Waals surface area contributed by atoms with E-state index in [1.54, 1.807) is 24.3 Å². The molecule has 13 heteroatoms. The van der Waals surface area contributed by atoms with Crippen molar-refractivity contribution in [2.45, 2.75) is 37.8 Å². The molecule has 0 saturated carbocycles. The normalized spacial score (nSPS) is 13.3. The maximum atomic E-state index is 13.0. The lowest BCUT2D eigenvalue weighted by molar-refractivity contribution is -0.207. The zero-order chi connectivity index (χ0) is 26.5. The average molecular weight is 529 g/mol. The topological polar surface area (TPSA) is 119 Å². The SMILES string of the molecule is COc1ccccc1C(CCO)NC(=O)Cn1nc(-c2ccc(Cl)cc2)n(C[C@H](O)C(F)(F)F)c1=O. The summed E-state index contributed by atoms with van der Waals surface area (Å²) in [5, 5.41) is 26.1. The first-order chi connectivity index (χ1) is 17.0. The number of methoxy groups -OCH3 is 1. The molecule has 1 amide bonds. The van der Waals surface area contributed by atoms with Crippen LogP contribution in [0.4, 0.5) is 13.2 Å². The molecule has 194 valence electrons. The minimum atomic E-state index is -4.97. The van der Waals surface area contributed by atoms with Crippen LogP contribution in [0.2, 0.25) is 5.02 Å². The molecule has 0 bridgehead atoms. The molecular formula is C23H24ClF3N4O5. The lowest BCUT2D eigenvalue weighted by Gasteiger charge is -2.20. The molecule has 3 aromatic rings. The fraction of sp³-hybridized carbons (Fsp3) is 0.348. The van der Waals surface area contributed by atoms with Crippen LogP contribution in [-0.2, 0) is 17.9 Å². The highest BCUT2D eigenvalue weighted by Gasteiger charge is 2.39. The Balaban J connectivity index is 1.92. The second-order valence-corrected chi connectivity index (χ2v) is 8.25. The van der Waals surface area contributed by atoms with Crippen molar-refractivity contribution in [1.29, 1.82) is 0 Å². The van der Waals surface area contributed by atoms with Gasteiger partial charge in [0, 0.05) is 22.8 Å². The van der Waals surface area contributed by atoms with E-state index in [1.807, 2.05) is 0 Å². The first-order valence-electron chi connectivity index (χ1n) is 10.8. The van der Waals surface area contributed by atoms with E-state index in [0.29, 0.717) is 25.6 Å². The summed E-state index contributed by atoms with van der Waals surface area (Å²) in [4.78, 5) is 25.7. The van der Waals surface area contributed by atoms with Crippen molar-refractivity contribution in [3.63, 3.8) is 0 Å². The van der Waals surface area contributed by atoms with Crippen molar-refractivity contribution in [3.8, 4) is 17.1 Å². The van der Waals surface area contributed by atoms with Crippen molar-refractivity contribution in [1.82, 2.24) is 19.7 Å². The molecule has 3 N–H and O–H groups in total.